The van der Waals surface area contributed by atoms with Crippen LogP contribution >= 0.6 is 0 Å². The summed E-state index contributed by atoms with van der Waals surface area (Å²) >= 11 is 0. The number of hydrogen-bond acceptors (Lipinski definition) is 4. The second kappa shape index (κ2) is 9.87. The van der Waals surface area contributed by atoms with Crippen molar-refractivity contribution in [3.8, 4) is 0 Å². The van der Waals surface area contributed by atoms with Crippen LogP contribution in [0.1, 0.15) is 63.9 Å². The minimum absolute atomic E-state index is 0.0844. The van der Waals surface area contributed by atoms with Gasteiger partial charge in [0.05, 0.1) is 16.9 Å². The highest BCUT2D eigenvalue weighted by molar-refractivity contribution is 7.89. The maximum Gasteiger partial charge on any atom is 0.266 e. The number of guanidine groups is 1. The molecule has 1 aromatic carbocycles. The molecule has 2 fully saturated rings. The molecule has 33 heavy (non-hydrogen) atoms. The lowest BCUT2D eigenvalue weighted by Gasteiger charge is -2.32. The summed E-state index contributed by atoms with van der Waals surface area (Å²) in [5.41, 5.74) is 0.640. The fourth-order valence-corrected chi connectivity index (χ4v) is 6.59. The molecule has 1 atom stereocenters. The summed E-state index contributed by atoms with van der Waals surface area (Å²) in [4.78, 5) is 14.7. The molecule has 1 saturated carbocycles. The van der Waals surface area contributed by atoms with Crippen LogP contribution in [0.3, 0.4) is 0 Å². The predicted molar refractivity (Wildman–Crippen MR) is 129 cm³/mol. The Morgan fingerprint density at radius 3 is 2.52 bits per heavy atom. The third kappa shape index (κ3) is 5.10. The molecule has 1 aromatic rings. The van der Waals surface area contributed by atoms with Crippen LogP contribution in [0.2, 0.25) is 0 Å². The van der Waals surface area contributed by atoms with E-state index in [9.17, 15) is 13.2 Å². The first-order valence-corrected chi connectivity index (χ1v) is 13.7. The average molecular weight is 473 g/mol. The first-order chi connectivity index (χ1) is 15.8. The maximum absolute atomic E-state index is 13.2. The molecule has 0 spiro atoms. The normalized spacial score (nSPS) is 24.3. The Bertz CT molecular complexity index is 999. The van der Waals surface area contributed by atoms with E-state index in [-0.39, 0.29) is 28.2 Å². The Hall–Kier alpha value is -2.35. The average Bonchev–Trinajstić information content (AvgIpc) is 3.22. The van der Waals surface area contributed by atoms with Crippen molar-refractivity contribution in [2.75, 3.05) is 19.6 Å². The van der Waals surface area contributed by atoms with Crippen molar-refractivity contribution in [2.45, 2.75) is 75.6 Å². The van der Waals surface area contributed by atoms with Gasteiger partial charge in [-0.15, -0.1) is 0 Å². The SMILES string of the molecule is CC1(C(=O)NCCc2ccc(S(=O)(=O)N3CCN(C4CCCCC4)C3=N)cc2)CC=CCC1. The highest BCUT2D eigenvalue weighted by Crippen LogP contribution is 2.32. The van der Waals surface area contributed by atoms with Gasteiger partial charge in [-0.3, -0.25) is 10.2 Å². The van der Waals surface area contributed by atoms with Crippen LogP contribution in [-0.4, -0.2) is 55.2 Å². The van der Waals surface area contributed by atoms with E-state index in [1.54, 1.807) is 12.1 Å². The number of sulfonamides is 1. The Morgan fingerprint density at radius 1 is 1.12 bits per heavy atom. The van der Waals surface area contributed by atoms with Crippen LogP contribution in [-0.2, 0) is 21.2 Å². The lowest BCUT2D eigenvalue weighted by atomic mass is 9.78. The summed E-state index contributed by atoms with van der Waals surface area (Å²) in [5, 5.41) is 11.5. The van der Waals surface area contributed by atoms with E-state index in [0.29, 0.717) is 26.1 Å². The zero-order chi connectivity index (χ0) is 23.5. The standard InChI is InChI=1S/C25H36N4O3S/c1-25(15-6-3-7-16-25)23(30)27-17-14-20-10-12-22(13-11-20)33(31,32)29-19-18-28(24(29)26)21-8-4-2-5-9-21/h3,6,10-13,21,26H,2,4-5,7-9,14-19H2,1H3,(H,27,30). The fourth-order valence-electron chi connectivity index (χ4n) is 5.20. The molecule has 1 heterocycles. The number of amides is 1. The van der Waals surface area contributed by atoms with Gasteiger partial charge in [-0.2, -0.15) is 0 Å². The largest absolute Gasteiger partial charge is 0.355 e. The summed E-state index contributed by atoms with van der Waals surface area (Å²) in [6.45, 7) is 3.46. The second-order valence-electron chi connectivity index (χ2n) is 9.81. The Morgan fingerprint density at radius 2 is 1.85 bits per heavy atom. The van der Waals surface area contributed by atoms with Crippen LogP contribution in [0.15, 0.2) is 41.3 Å². The number of rotatable bonds is 7. The van der Waals surface area contributed by atoms with Gasteiger partial charge in [-0.1, -0.05) is 50.5 Å². The maximum atomic E-state index is 13.2. The second-order valence-corrected chi connectivity index (χ2v) is 11.7. The molecule has 2 aliphatic carbocycles. The molecule has 180 valence electrons. The van der Waals surface area contributed by atoms with Crippen LogP contribution in [0.5, 0.6) is 0 Å². The Labute approximate surface area is 197 Å². The van der Waals surface area contributed by atoms with Crippen molar-refractivity contribution >= 4 is 21.9 Å². The van der Waals surface area contributed by atoms with E-state index in [2.05, 4.69) is 17.5 Å². The van der Waals surface area contributed by atoms with Gasteiger partial charge in [0.2, 0.25) is 11.9 Å². The molecule has 7 nitrogen and oxygen atoms in total. The van der Waals surface area contributed by atoms with Gasteiger partial charge in [0.15, 0.2) is 0 Å². The molecule has 0 radical (unpaired) electrons. The number of carbonyl (C=O) groups is 1. The van der Waals surface area contributed by atoms with E-state index in [1.165, 1.54) is 10.7 Å². The van der Waals surface area contributed by atoms with Gasteiger partial charge in [-0.05, 0) is 56.2 Å². The van der Waals surface area contributed by atoms with Crippen LogP contribution in [0, 0.1) is 10.8 Å². The lowest BCUT2D eigenvalue weighted by molar-refractivity contribution is -0.130. The first-order valence-electron chi connectivity index (χ1n) is 12.2. The number of allylic oxidation sites excluding steroid dienone is 2. The Balaban J connectivity index is 1.33. The van der Waals surface area contributed by atoms with Crippen molar-refractivity contribution in [1.29, 1.82) is 5.41 Å². The monoisotopic (exact) mass is 472 g/mol. The molecule has 0 aromatic heterocycles. The van der Waals surface area contributed by atoms with Crippen LogP contribution < -0.4 is 5.32 Å². The molecule has 0 bridgehead atoms. The van der Waals surface area contributed by atoms with E-state index < -0.39 is 10.0 Å². The summed E-state index contributed by atoms with van der Waals surface area (Å²) in [6.07, 6.45) is 13.0. The number of carbonyl (C=O) groups excluding carboxylic acids is 1. The zero-order valence-electron chi connectivity index (χ0n) is 19.6. The van der Waals surface area contributed by atoms with Crippen molar-refractivity contribution in [2.24, 2.45) is 5.41 Å². The summed E-state index contributed by atoms with van der Waals surface area (Å²) in [6, 6.07) is 7.15. The van der Waals surface area contributed by atoms with E-state index >= 15 is 0 Å². The van der Waals surface area contributed by atoms with Gasteiger partial charge in [0, 0.05) is 19.1 Å². The lowest BCUT2D eigenvalue weighted by Crippen LogP contribution is -2.42. The van der Waals surface area contributed by atoms with Crippen molar-refractivity contribution in [1.82, 2.24) is 14.5 Å². The van der Waals surface area contributed by atoms with Gasteiger partial charge < -0.3 is 10.2 Å². The number of benzene rings is 1. The quantitative estimate of drug-likeness (QED) is 0.592. The molecular formula is C25H36N4O3S. The summed E-state index contributed by atoms with van der Waals surface area (Å²) < 4.78 is 27.6. The molecule has 1 unspecified atom stereocenters. The minimum atomic E-state index is -3.74. The summed E-state index contributed by atoms with van der Waals surface area (Å²) in [7, 11) is -3.74. The van der Waals surface area contributed by atoms with Gasteiger partial charge in [-0.25, -0.2) is 12.7 Å². The third-order valence-electron chi connectivity index (χ3n) is 7.42. The van der Waals surface area contributed by atoms with E-state index in [4.69, 9.17) is 5.41 Å². The van der Waals surface area contributed by atoms with Gasteiger partial charge in [0.25, 0.3) is 10.0 Å². The van der Waals surface area contributed by atoms with Crippen LogP contribution in [0.4, 0.5) is 0 Å². The van der Waals surface area contributed by atoms with Crippen molar-refractivity contribution in [3.63, 3.8) is 0 Å². The zero-order valence-corrected chi connectivity index (χ0v) is 20.4. The van der Waals surface area contributed by atoms with Crippen molar-refractivity contribution in [3.05, 3.63) is 42.0 Å². The van der Waals surface area contributed by atoms with Crippen molar-refractivity contribution < 1.29 is 13.2 Å². The summed E-state index contributed by atoms with van der Waals surface area (Å²) in [5.74, 6) is 0.195. The molecular weight excluding hydrogens is 436 g/mol. The van der Waals surface area contributed by atoms with E-state index in [1.807, 2.05) is 24.0 Å². The number of nitrogens with one attached hydrogen (secondary N) is 2. The Kier molecular flexibility index (Phi) is 7.12. The van der Waals surface area contributed by atoms with Crippen LogP contribution in [0.25, 0.3) is 0 Å². The highest BCUT2D eigenvalue weighted by atomic mass is 32.2. The predicted octanol–water partition coefficient (Wildman–Crippen LogP) is 3.67. The third-order valence-corrected chi connectivity index (χ3v) is 9.23. The molecule has 1 amide bonds. The first kappa shape index (κ1) is 23.8. The fraction of sp³-hybridized carbons (Fsp3) is 0.600. The van der Waals surface area contributed by atoms with Gasteiger partial charge >= 0.3 is 0 Å². The number of nitrogens with zero attached hydrogens (tertiary/aromatic N) is 2. The van der Waals surface area contributed by atoms with Gasteiger partial charge in [0.1, 0.15) is 0 Å². The molecule has 2 N–H and O–H groups in total. The molecule has 3 aliphatic rings. The highest BCUT2D eigenvalue weighted by Gasteiger charge is 2.38. The topological polar surface area (TPSA) is 93.6 Å². The molecule has 4 rings (SSSR count). The minimum Gasteiger partial charge on any atom is -0.355 e. The molecule has 1 aliphatic heterocycles. The molecule has 1 saturated heterocycles. The smallest absolute Gasteiger partial charge is 0.266 e. The van der Waals surface area contributed by atoms with E-state index in [0.717, 1.165) is 50.5 Å². The molecule has 8 heteroatoms. The number of hydrogen-bond donors (Lipinski definition) is 2.